The summed E-state index contributed by atoms with van der Waals surface area (Å²) in [6.45, 7) is 3.59. The number of halogens is 1. The Morgan fingerprint density at radius 3 is 2.95 bits per heavy atom. The van der Waals surface area contributed by atoms with Gasteiger partial charge in [0.05, 0.1) is 0 Å². The van der Waals surface area contributed by atoms with Gasteiger partial charge in [-0.1, -0.05) is 18.2 Å². The molecule has 106 valence electrons. The first-order valence-corrected chi connectivity index (χ1v) is 6.39. The Bertz CT molecular complexity index is 623. The normalized spacial score (nSPS) is 13.2. The quantitative estimate of drug-likeness (QED) is 0.793. The van der Waals surface area contributed by atoms with Crippen LogP contribution in [0.5, 0.6) is 0 Å². The molecule has 6 heteroatoms. The Kier molecular flexibility index (Phi) is 4.42. The van der Waals surface area contributed by atoms with E-state index >= 15 is 0 Å². The molecular weight excluding hydrogens is 276 g/mol. The molecule has 0 radical (unpaired) electrons. The van der Waals surface area contributed by atoms with Crippen LogP contribution in [0.15, 0.2) is 24.3 Å². The standard InChI is InChI=1S/C14H16N4O.ClH/c1-9-4-2-3-5-11(9)16-14(19)13-10-8-15-7-6-12(10)17-18-13;/h2-5,15H,6-8H2,1H3,(H,16,19)(H,17,18);1H. The minimum Gasteiger partial charge on any atom is -0.320 e. The molecule has 0 aliphatic carbocycles. The molecular formula is C14H17ClN4O. The van der Waals surface area contributed by atoms with Crippen molar-refractivity contribution in [1.82, 2.24) is 15.5 Å². The van der Waals surface area contributed by atoms with Crippen LogP contribution in [0, 0.1) is 6.92 Å². The lowest BCUT2D eigenvalue weighted by Crippen LogP contribution is -2.25. The molecule has 0 bridgehead atoms. The molecule has 1 aliphatic heterocycles. The average Bonchev–Trinajstić information content (AvgIpc) is 2.85. The number of fused-ring (bicyclic) bond motifs is 1. The summed E-state index contributed by atoms with van der Waals surface area (Å²) in [4.78, 5) is 12.3. The Balaban J connectivity index is 0.00000147. The number of para-hydroxylation sites is 1. The van der Waals surface area contributed by atoms with E-state index in [0.717, 1.165) is 35.5 Å². The number of hydrogen-bond acceptors (Lipinski definition) is 3. The number of benzene rings is 1. The van der Waals surface area contributed by atoms with Crippen LogP contribution in [-0.4, -0.2) is 22.6 Å². The smallest absolute Gasteiger partial charge is 0.276 e. The van der Waals surface area contributed by atoms with Gasteiger partial charge in [0.2, 0.25) is 0 Å². The summed E-state index contributed by atoms with van der Waals surface area (Å²) in [7, 11) is 0. The van der Waals surface area contributed by atoms with Crippen LogP contribution >= 0.6 is 12.4 Å². The van der Waals surface area contributed by atoms with Crippen molar-refractivity contribution in [2.45, 2.75) is 19.9 Å². The van der Waals surface area contributed by atoms with Crippen LogP contribution in [0.2, 0.25) is 0 Å². The van der Waals surface area contributed by atoms with Crippen molar-refractivity contribution in [2.24, 2.45) is 0 Å². The monoisotopic (exact) mass is 292 g/mol. The van der Waals surface area contributed by atoms with Crippen molar-refractivity contribution in [3.8, 4) is 0 Å². The Labute approximate surface area is 123 Å². The number of hydrogen-bond donors (Lipinski definition) is 3. The topological polar surface area (TPSA) is 69.8 Å². The van der Waals surface area contributed by atoms with Gasteiger partial charge in [0.25, 0.3) is 5.91 Å². The fourth-order valence-electron chi connectivity index (χ4n) is 2.31. The number of amides is 1. The van der Waals surface area contributed by atoms with Gasteiger partial charge in [-0.15, -0.1) is 12.4 Å². The van der Waals surface area contributed by atoms with Gasteiger partial charge in [-0.2, -0.15) is 5.10 Å². The average molecular weight is 293 g/mol. The molecule has 20 heavy (non-hydrogen) atoms. The molecule has 5 nitrogen and oxygen atoms in total. The van der Waals surface area contributed by atoms with Crippen molar-refractivity contribution >= 4 is 24.0 Å². The molecule has 0 saturated carbocycles. The van der Waals surface area contributed by atoms with Gasteiger partial charge in [0, 0.05) is 36.5 Å². The van der Waals surface area contributed by atoms with E-state index in [2.05, 4.69) is 20.8 Å². The first-order chi connectivity index (χ1) is 9.25. The number of aromatic amines is 1. The first-order valence-electron chi connectivity index (χ1n) is 6.39. The minimum absolute atomic E-state index is 0. The van der Waals surface area contributed by atoms with Crippen LogP contribution in [0.4, 0.5) is 5.69 Å². The Hall–Kier alpha value is -1.85. The maximum Gasteiger partial charge on any atom is 0.276 e. The number of anilines is 1. The van der Waals surface area contributed by atoms with Crippen molar-refractivity contribution in [2.75, 3.05) is 11.9 Å². The van der Waals surface area contributed by atoms with Gasteiger partial charge in [0.15, 0.2) is 5.69 Å². The number of carbonyl (C=O) groups is 1. The number of nitrogens with one attached hydrogen (secondary N) is 3. The zero-order valence-electron chi connectivity index (χ0n) is 11.2. The molecule has 1 aliphatic rings. The summed E-state index contributed by atoms with van der Waals surface area (Å²) < 4.78 is 0. The first kappa shape index (κ1) is 14.6. The molecule has 3 rings (SSSR count). The zero-order valence-corrected chi connectivity index (χ0v) is 12.0. The maximum atomic E-state index is 12.3. The van der Waals surface area contributed by atoms with Crippen molar-refractivity contribution < 1.29 is 4.79 Å². The summed E-state index contributed by atoms with van der Waals surface area (Å²) in [5.74, 6) is -0.157. The van der Waals surface area contributed by atoms with E-state index in [0.29, 0.717) is 12.2 Å². The number of carbonyl (C=O) groups excluding carboxylic acids is 1. The van der Waals surface area contributed by atoms with E-state index in [-0.39, 0.29) is 18.3 Å². The summed E-state index contributed by atoms with van der Waals surface area (Å²) in [6.07, 6.45) is 0.889. The van der Waals surface area contributed by atoms with Gasteiger partial charge in [0.1, 0.15) is 0 Å². The second-order valence-corrected chi connectivity index (χ2v) is 4.73. The lowest BCUT2D eigenvalue weighted by molar-refractivity contribution is 0.102. The fourth-order valence-corrected chi connectivity index (χ4v) is 2.31. The summed E-state index contributed by atoms with van der Waals surface area (Å²) in [6, 6.07) is 7.72. The second kappa shape index (κ2) is 6.07. The van der Waals surface area contributed by atoms with E-state index in [1.807, 2.05) is 31.2 Å². The van der Waals surface area contributed by atoms with E-state index in [9.17, 15) is 4.79 Å². The van der Waals surface area contributed by atoms with Gasteiger partial charge in [-0.25, -0.2) is 0 Å². The van der Waals surface area contributed by atoms with Crippen molar-refractivity contribution in [1.29, 1.82) is 0 Å². The second-order valence-electron chi connectivity index (χ2n) is 4.73. The third-order valence-corrected chi connectivity index (χ3v) is 3.41. The summed E-state index contributed by atoms with van der Waals surface area (Å²) in [5.41, 5.74) is 4.41. The molecule has 0 fully saturated rings. The number of aromatic nitrogens is 2. The third-order valence-electron chi connectivity index (χ3n) is 3.41. The van der Waals surface area contributed by atoms with Gasteiger partial charge in [-0.3, -0.25) is 9.89 Å². The van der Waals surface area contributed by atoms with Crippen LogP contribution in [0.1, 0.15) is 27.3 Å². The highest BCUT2D eigenvalue weighted by Crippen LogP contribution is 2.18. The van der Waals surface area contributed by atoms with Gasteiger partial charge >= 0.3 is 0 Å². The van der Waals surface area contributed by atoms with Crippen LogP contribution < -0.4 is 10.6 Å². The number of H-pyrrole nitrogens is 1. The molecule has 0 atom stereocenters. The number of nitrogens with zero attached hydrogens (tertiary/aromatic N) is 1. The molecule has 1 aromatic carbocycles. The molecule has 3 N–H and O–H groups in total. The van der Waals surface area contributed by atoms with Gasteiger partial charge < -0.3 is 10.6 Å². The van der Waals surface area contributed by atoms with Crippen molar-refractivity contribution in [3.05, 3.63) is 46.8 Å². The highest BCUT2D eigenvalue weighted by molar-refractivity contribution is 6.04. The molecule has 2 aromatic rings. The number of rotatable bonds is 2. The van der Waals surface area contributed by atoms with E-state index in [4.69, 9.17) is 0 Å². The molecule has 0 spiro atoms. The third kappa shape index (κ3) is 2.69. The molecule has 1 amide bonds. The lowest BCUT2D eigenvalue weighted by atomic mass is 10.1. The van der Waals surface area contributed by atoms with Crippen LogP contribution in [0.3, 0.4) is 0 Å². The highest BCUT2D eigenvalue weighted by atomic mass is 35.5. The maximum absolute atomic E-state index is 12.3. The SMILES string of the molecule is Cc1ccccc1NC(=O)c1n[nH]c2c1CNCC2.Cl. The molecule has 2 heterocycles. The minimum atomic E-state index is -0.157. The summed E-state index contributed by atoms with van der Waals surface area (Å²) >= 11 is 0. The Morgan fingerprint density at radius 1 is 1.35 bits per heavy atom. The van der Waals surface area contributed by atoms with Crippen LogP contribution in [-0.2, 0) is 13.0 Å². The predicted octanol–water partition coefficient (Wildman–Crippen LogP) is 2.04. The van der Waals surface area contributed by atoms with E-state index in [1.54, 1.807) is 0 Å². The largest absolute Gasteiger partial charge is 0.320 e. The molecule has 1 aromatic heterocycles. The van der Waals surface area contributed by atoms with Gasteiger partial charge in [-0.05, 0) is 18.6 Å². The van der Waals surface area contributed by atoms with Crippen molar-refractivity contribution in [3.63, 3.8) is 0 Å². The predicted molar refractivity (Wildman–Crippen MR) is 80.4 cm³/mol. The van der Waals surface area contributed by atoms with E-state index < -0.39 is 0 Å². The molecule has 0 unspecified atom stereocenters. The number of aryl methyl sites for hydroxylation is 1. The Morgan fingerprint density at radius 2 is 2.15 bits per heavy atom. The lowest BCUT2D eigenvalue weighted by Gasteiger charge is -2.13. The fraction of sp³-hybridized carbons (Fsp3) is 0.286. The van der Waals surface area contributed by atoms with Crippen LogP contribution in [0.25, 0.3) is 0 Å². The van der Waals surface area contributed by atoms with E-state index in [1.165, 1.54) is 0 Å². The zero-order chi connectivity index (χ0) is 13.2. The highest BCUT2D eigenvalue weighted by Gasteiger charge is 2.21. The molecule has 0 saturated heterocycles. The summed E-state index contributed by atoms with van der Waals surface area (Å²) in [5, 5.41) is 13.3.